The van der Waals surface area contributed by atoms with Gasteiger partial charge in [0, 0.05) is 11.0 Å². The quantitative estimate of drug-likeness (QED) is 0.611. The maximum atomic E-state index is 12.6. The number of amides is 2. The van der Waals surface area contributed by atoms with Gasteiger partial charge in [-0.15, -0.1) is 0 Å². The van der Waals surface area contributed by atoms with Crippen molar-refractivity contribution < 1.29 is 14.3 Å². The van der Waals surface area contributed by atoms with Crippen molar-refractivity contribution in [1.29, 1.82) is 0 Å². The molecule has 2 amide bonds. The number of hydrogen-bond donors (Lipinski definition) is 2. The Kier molecular flexibility index (Phi) is 8.67. The molecule has 0 bridgehead atoms. The van der Waals surface area contributed by atoms with Crippen LogP contribution in [-0.2, 0) is 11.3 Å². The summed E-state index contributed by atoms with van der Waals surface area (Å²) in [5, 5.41) is 5.75. The van der Waals surface area contributed by atoms with Crippen LogP contribution < -0.4 is 15.4 Å². The van der Waals surface area contributed by atoms with Gasteiger partial charge < -0.3 is 15.4 Å². The highest BCUT2D eigenvalue weighted by Gasteiger charge is 2.21. The highest BCUT2D eigenvalue weighted by atomic mass is 79.9. The van der Waals surface area contributed by atoms with Gasteiger partial charge in [0.25, 0.3) is 5.91 Å². The summed E-state index contributed by atoms with van der Waals surface area (Å²) in [6.45, 7) is 0.392. The lowest BCUT2D eigenvalue weighted by Crippen LogP contribution is -2.47. The molecule has 2 rings (SSSR count). The highest BCUT2D eigenvalue weighted by molar-refractivity contribution is 9.10. The smallest absolute Gasteiger partial charge is 0.253 e. The average Bonchev–Trinajstić information content (AvgIpc) is 2.69. The molecule has 2 aromatic carbocycles. The van der Waals surface area contributed by atoms with Gasteiger partial charge in [0.1, 0.15) is 11.8 Å². The molecule has 7 heteroatoms. The molecule has 1 atom stereocenters. The number of carbonyl (C=O) groups is 2. The zero-order valence-electron chi connectivity index (χ0n) is 15.3. The van der Waals surface area contributed by atoms with Crippen LogP contribution in [0.3, 0.4) is 0 Å². The molecule has 0 fully saturated rings. The van der Waals surface area contributed by atoms with Gasteiger partial charge >= 0.3 is 0 Å². The lowest BCUT2D eigenvalue weighted by molar-refractivity contribution is -0.123. The van der Waals surface area contributed by atoms with E-state index >= 15 is 0 Å². The van der Waals surface area contributed by atoms with Crippen LogP contribution in [0, 0.1) is 0 Å². The van der Waals surface area contributed by atoms with Crippen LogP contribution in [0.5, 0.6) is 5.75 Å². The van der Waals surface area contributed by atoms with Gasteiger partial charge in [0.05, 0.1) is 12.7 Å². The summed E-state index contributed by atoms with van der Waals surface area (Å²) >= 11 is 5.01. The topological polar surface area (TPSA) is 67.4 Å². The van der Waals surface area contributed by atoms with Crippen molar-refractivity contribution in [2.45, 2.75) is 19.0 Å². The minimum atomic E-state index is -0.588. The molecular weight excluding hydrogens is 428 g/mol. The molecule has 5 nitrogen and oxygen atoms in total. The van der Waals surface area contributed by atoms with Gasteiger partial charge in [-0.25, -0.2) is 0 Å². The summed E-state index contributed by atoms with van der Waals surface area (Å²) in [6, 6.07) is 14.1. The van der Waals surface area contributed by atoms with Crippen molar-refractivity contribution >= 4 is 39.5 Å². The zero-order valence-corrected chi connectivity index (χ0v) is 17.7. The normalized spacial score (nSPS) is 11.5. The average molecular weight is 451 g/mol. The number of rotatable bonds is 9. The van der Waals surface area contributed by atoms with E-state index in [4.69, 9.17) is 4.74 Å². The van der Waals surface area contributed by atoms with Crippen molar-refractivity contribution in [2.24, 2.45) is 0 Å². The van der Waals surface area contributed by atoms with Crippen LogP contribution in [0.1, 0.15) is 22.3 Å². The molecule has 0 aliphatic rings. The third kappa shape index (κ3) is 6.59. The van der Waals surface area contributed by atoms with E-state index in [1.54, 1.807) is 37.1 Å². The molecular formula is C20H23BrN2O3S. The molecule has 0 saturated carbocycles. The fourth-order valence-corrected chi connectivity index (χ4v) is 3.38. The molecule has 2 N–H and O–H groups in total. The first-order valence-electron chi connectivity index (χ1n) is 8.50. The van der Waals surface area contributed by atoms with Crippen molar-refractivity contribution in [3.63, 3.8) is 0 Å². The Morgan fingerprint density at radius 2 is 1.85 bits per heavy atom. The van der Waals surface area contributed by atoms with E-state index < -0.39 is 6.04 Å². The Labute approximate surface area is 172 Å². The number of ether oxygens (including phenoxy) is 1. The minimum Gasteiger partial charge on any atom is -0.497 e. The molecule has 27 heavy (non-hydrogen) atoms. The Balaban J connectivity index is 1.99. The van der Waals surface area contributed by atoms with Crippen LogP contribution in [0.2, 0.25) is 0 Å². The van der Waals surface area contributed by atoms with Crippen LogP contribution in [0.4, 0.5) is 0 Å². The molecule has 0 saturated heterocycles. The Hall–Kier alpha value is -1.99. The number of methoxy groups -OCH3 is 1. The van der Waals surface area contributed by atoms with Gasteiger partial charge in [-0.1, -0.05) is 24.3 Å². The molecule has 2 aromatic rings. The monoisotopic (exact) mass is 450 g/mol. The van der Waals surface area contributed by atoms with Crippen molar-refractivity contribution in [3.05, 3.63) is 64.1 Å². The predicted molar refractivity (Wildman–Crippen MR) is 113 cm³/mol. The van der Waals surface area contributed by atoms with Gasteiger partial charge in [0.2, 0.25) is 5.91 Å². The predicted octanol–water partition coefficient (Wildman–Crippen LogP) is 3.63. The number of nitrogens with one attached hydrogen (secondary N) is 2. The second-order valence-electron chi connectivity index (χ2n) is 5.85. The van der Waals surface area contributed by atoms with E-state index in [0.717, 1.165) is 17.1 Å². The van der Waals surface area contributed by atoms with E-state index in [2.05, 4.69) is 26.6 Å². The third-order valence-corrected chi connectivity index (χ3v) is 5.31. The summed E-state index contributed by atoms with van der Waals surface area (Å²) in [6.07, 6.45) is 2.54. The van der Waals surface area contributed by atoms with Crippen LogP contribution >= 0.6 is 27.7 Å². The van der Waals surface area contributed by atoms with E-state index in [-0.39, 0.29) is 11.8 Å². The second-order valence-corrected chi connectivity index (χ2v) is 7.69. The van der Waals surface area contributed by atoms with Crippen LogP contribution in [-0.4, -0.2) is 37.0 Å². The molecule has 1 unspecified atom stereocenters. The SMILES string of the molecule is COc1ccc(CNC(=O)C(CCSC)NC(=O)c2ccccc2Br)cc1. The molecule has 144 valence electrons. The van der Waals surface area contributed by atoms with E-state index in [1.807, 2.05) is 36.6 Å². The number of halogens is 1. The summed E-state index contributed by atoms with van der Waals surface area (Å²) < 4.78 is 5.83. The molecule has 0 spiro atoms. The summed E-state index contributed by atoms with van der Waals surface area (Å²) in [5.74, 6) is 1.08. The Bertz CT molecular complexity index is 768. The van der Waals surface area contributed by atoms with Crippen molar-refractivity contribution in [3.8, 4) is 5.75 Å². The maximum Gasteiger partial charge on any atom is 0.253 e. The molecule has 0 aliphatic carbocycles. The number of thioether (sulfide) groups is 1. The van der Waals surface area contributed by atoms with Gasteiger partial charge in [0.15, 0.2) is 0 Å². The Morgan fingerprint density at radius 3 is 2.48 bits per heavy atom. The first kappa shape index (κ1) is 21.3. The zero-order chi connectivity index (χ0) is 19.6. The second kappa shape index (κ2) is 11.0. The van der Waals surface area contributed by atoms with Gasteiger partial charge in [-0.3, -0.25) is 9.59 Å². The van der Waals surface area contributed by atoms with Gasteiger partial charge in [-0.2, -0.15) is 11.8 Å². The van der Waals surface area contributed by atoms with Crippen molar-refractivity contribution in [2.75, 3.05) is 19.1 Å². The Morgan fingerprint density at radius 1 is 1.15 bits per heavy atom. The fraction of sp³-hybridized carbons (Fsp3) is 0.300. The number of carbonyl (C=O) groups excluding carboxylic acids is 2. The van der Waals surface area contributed by atoms with Crippen molar-refractivity contribution in [1.82, 2.24) is 10.6 Å². The largest absolute Gasteiger partial charge is 0.497 e. The minimum absolute atomic E-state index is 0.194. The van der Waals surface area contributed by atoms with E-state index in [9.17, 15) is 9.59 Å². The van der Waals surface area contributed by atoms with Crippen LogP contribution in [0.15, 0.2) is 53.0 Å². The number of hydrogen-bond acceptors (Lipinski definition) is 4. The highest BCUT2D eigenvalue weighted by Crippen LogP contribution is 2.16. The third-order valence-electron chi connectivity index (χ3n) is 3.98. The van der Waals surface area contributed by atoms with E-state index in [0.29, 0.717) is 23.0 Å². The first-order valence-corrected chi connectivity index (χ1v) is 10.7. The van der Waals surface area contributed by atoms with Gasteiger partial charge in [-0.05, 0) is 64.2 Å². The molecule has 0 heterocycles. The summed E-state index contributed by atoms with van der Waals surface area (Å²) in [5.41, 5.74) is 1.47. The molecule has 0 aromatic heterocycles. The lowest BCUT2D eigenvalue weighted by Gasteiger charge is -2.19. The van der Waals surface area contributed by atoms with E-state index in [1.165, 1.54) is 0 Å². The molecule has 0 aliphatic heterocycles. The number of benzene rings is 2. The first-order chi connectivity index (χ1) is 13.0. The van der Waals surface area contributed by atoms with Crippen LogP contribution in [0.25, 0.3) is 0 Å². The maximum absolute atomic E-state index is 12.6. The fourth-order valence-electron chi connectivity index (χ4n) is 2.44. The lowest BCUT2D eigenvalue weighted by atomic mass is 10.1. The molecule has 0 radical (unpaired) electrons. The standard InChI is InChI=1S/C20H23BrN2O3S/c1-26-15-9-7-14(8-10-15)13-22-20(25)18(11-12-27-2)23-19(24)16-5-3-4-6-17(16)21/h3-10,18H,11-13H2,1-2H3,(H,22,25)(H,23,24). The summed E-state index contributed by atoms with van der Waals surface area (Å²) in [4.78, 5) is 25.2. The summed E-state index contributed by atoms with van der Waals surface area (Å²) in [7, 11) is 1.61.